The van der Waals surface area contributed by atoms with Gasteiger partial charge in [0.25, 0.3) is 0 Å². The fourth-order valence-electron chi connectivity index (χ4n) is 3.22. The predicted octanol–water partition coefficient (Wildman–Crippen LogP) is 2.95. The van der Waals surface area contributed by atoms with E-state index in [0.717, 1.165) is 42.9 Å². The highest BCUT2D eigenvalue weighted by molar-refractivity contribution is 6.30. The molecule has 1 fully saturated rings. The molecule has 2 aromatic rings. The second kappa shape index (κ2) is 8.50. The van der Waals surface area contributed by atoms with Crippen LogP contribution in [0.25, 0.3) is 0 Å². The average molecular weight is 361 g/mol. The van der Waals surface area contributed by atoms with Gasteiger partial charge in [0.05, 0.1) is 11.7 Å². The first-order valence-corrected chi connectivity index (χ1v) is 9.34. The molecule has 1 aliphatic rings. The van der Waals surface area contributed by atoms with Crippen LogP contribution in [0.15, 0.2) is 30.3 Å². The summed E-state index contributed by atoms with van der Waals surface area (Å²) in [6.45, 7) is 4.25. The van der Waals surface area contributed by atoms with Crippen molar-refractivity contribution in [3.63, 3.8) is 0 Å². The molecule has 1 aromatic carbocycles. The van der Waals surface area contributed by atoms with Gasteiger partial charge in [0, 0.05) is 26.1 Å². The van der Waals surface area contributed by atoms with Crippen LogP contribution in [0, 0.1) is 0 Å². The highest BCUT2D eigenvalue weighted by atomic mass is 35.5. The molecule has 3 rings (SSSR count). The number of aromatic amines is 1. The molecule has 25 heavy (non-hydrogen) atoms. The molecule has 1 amide bonds. The summed E-state index contributed by atoms with van der Waals surface area (Å²) >= 11 is 6.32. The number of benzene rings is 1. The summed E-state index contributed by atoms with van der Waals surface area (Å²) in [4.78, 5) is 22.4. The number of rotatable bonds is 7. The van der Waals surface area contributed by atoms with Gasteiger partial charge in [-0.05, 0) is 18.4 Å². The first-order chi connectivity index (χ1) is 12.2. The summed E-state index contributed by atoms with van der Waals surface area (Å²) in [5.74, 6) is 1.01. The lowest BCUT2D eigenvalue weighted by Crippen LogP contribution is -2.55. The third-order valence-electron chi connectivity index (χ3n) is 4.62. The van der Waals surface area contributed by atoms with Crippen LogP contribution in [0.1, 0.15) is 36.8 Å². The van der Waals surface area contributed by atoms with E-state index in [9.17, 15) is 4.79 Å². The molecule has 6 heteroatoms. The van der Waals surface area contributed by atoms with Gasteiger partial charge in [0.1, 0.15) is 5.82 Å². The van der Waals surface area contributed by atoms with Crippen LogP contribution in [0.3, 0.4) is 0 Å². The van der Waals surface area contributed by atoms with E-state index < -0.39 is 0 Å². The van der Waals surface area contributed by atoms with E-state index in [2.05, 4.69) is 39.2 Å². The summed E-state index contributed by atoms with van der Waals surface area (Å²) in [5, 5.41) is 3.50. The average Bonchev–Trinajstić information content (AvgIpc) is 2.97. The van der Waals surface area contributed by atoms with Crippen LogP contribution in [0.2, 0.25) is 5.15 Å². The van der Waals surface area contributed by atoms with Gasteiger partial charge in [0.2, 0.25) is 5.91 Å². The first kappa shape index (κ1) is 18.0. The largest absolute Gasteiger partial charge is 0.353 e. The minimum absolute atomic E-state index is 0.0805. The molecule has 1 atom stereocenters. The van der Waals surface area contributed by atoms with E-state index in [1.807, 2.05) is 18.2 Å². The smallest absolute Gasteiger partial charge is 0.237 e. The van der Waals surface area contributed by atoms with E-state index >= 15 is 0 Å². The lowest BCUT2D eigenvalue weighted by Gasteiger charge is -2.34. The Hall–Kier alpha value is -1.85. The predicted molar refractivity (Wildman–Crippen MR) is 99.6 cm³/mol. The number of carbonyl (C=O) groups is 1. The standard InChI is InChI=1S/C19H25ClN4O/c1-2-3-9-17-22-15(18(20)23-17)13-24-11-10-21-19(25)16(24)12-14-7-5-4-6-8-14/h4-8,16H,2-3,9-13H2,1H3,(H,21,25)(H,22,23)/t16-/m0/s1. The second-order valence-electron chi connectivity index (χ2n) is 6.52. The SMILES string of the molecule is CCCCc1nc(Cl)c(CN2CCNC(=O)[C@@H]2Cc2ccccc2)[nH]1. The molecule has 0 aliphatic carbocycles. The lowest BCUT2D eigenvalue weighted by molar-refractivity contribution is -0.129. The van der Waals surface area contributed by atoms with Gasteiger partial charge in [-0.2, -0.15) is 0 Å². The van der Waals surface area contributed by atoms with Gasteiger partial charge in [-0.3, -0.25) is 9.69 Å². The number of aromatic nitrogens is 2. The fourth-order valence-corrected chi connectivity index (χ4v) is 3.43. The van der Waals surface area contributed by atoms with Crippen LogP contribution < -0.4 is 5.32 Å². The number of amides is 1. The van der Waals surface area contributed by atoms with Crippen molar-refractivity contribution in [3.8, 4) is 0 Å². The van der Waals surface area contributed by atoms with Crippen molar-refractivity contribution in [2.75, 3.05) is 13.1 Å². The molecule has 0 bridgehead atoms. The molecule has 1 aliphatic heterocycles. The summed E-state index contributed by atoms with van der Waals surface area (Å²) < 4.78 is 0. The number of carbonyl (C=O) groups excluding carboxylic acids is 1. The fraction of sp³-hybridized carbons (Fsp3) is 0.474. The molecular weight excluding hydrogens is 336 g/mol. The van der Waals surface area contributed by atoms with Crippen LogP contribution in [0.4, 0.5) is 0 Å². The number of hydrogen-bond donors (Lipinski definition) is 2. The van der Waals surface area contributed by atoms with Crippen molar-refractivity contribution in [3.05, 3.63) is 52.6 Å². The number of piperazine rings is 1. The monoisotopic (exact) mass is 360 g/mol. The molecule has 0 spiro atoms. The van der Waals surface area contributed by atoms with E-state index in [1.165, 1.54) is 0 Å². The number of unbranched alkanes of at least 4 members (excludes halogenated alkanes) is 1. The number of nitrogens with zero attached hydrogens (tertiary/aromatic N) is 2. The molecular formula is C19H25ClN4O. The Bertz CT molecular complexity index is 701. The van der Waals surface area contributed by atoms with Crippen molar-refractivity contribution in [1.29, 1.82) is 0 Å². The highest BCUT2D eigenvalue weighted by Gasteiger charge is 2.30. The highest BCUT2D eigenvalue weighted by Crippen LogP contribution is 2.20. The number of hydrogen-bond acceptors (Lipinski definition) is 3. The molecule has 2 N–H and O–H groups in total. The Morgan fingerprint density at radius 3 is 2.88 bits per heavy atom. The number of H-pyrrole nitrogens is 1. The quantitative estimate of drug-likeness (QED) is 0.798. The van der Waals surface area contributed by atoms with Crippen molar-refractivity contribution in [1.82, 2.24) is 20.2 Å². The zero-order valence-corrected chi connectivity index (χ0v) is 15.4. The number of aryl methyl sites for hydroxylation is 1. The van der Waals surface area contributed by atoms with Gasteiger partial charge in [-0.25, -0.2) is 4.98 Å². The molecule has 5 nitrogen and oxygen atoms in total. The van der Waals surface area contributed by atoms with E-state index in [-0.39, 0.29) is 11.9 Å². The minimum atomic E-state index is -0.186. The molecule has 0 unspecified atom stereocenters. The molecule has 0 saturated carbocycles. The zero-order valence-electron chi connectivity index (χ0n) is 14.6. The molecule has 2 heterocycles. The Morgan fingerprint density at radius 1 is 1.32 bits per heavy atom. The van der Waals surface area contributed by atoms with Crippen molar-refractivity contribution in [2.24, 2.45) is 0 Å². The second-order valence-corrected chi connectivity index (χ2v) is 6.88. The van der Waals surface area contributed by atoms with Gasteiger partial charge in [-0.15, -0.1) is 0 Å². The topological polar surface area (TPSA) is 61.0 Å². The Balaban J connectivity index is 1.72. The zero-order chi connectivity index (χ0) is 17.6. The van der Waals surface area contributed by atoms with Gasteiger partial charge in [0.15, 0.2) is 5.15 Å². The number of imidazole rings is 1. The number of nitrogens with one attached hydrogen (secondary N) is 2. The van der Waals surface area contributed by atoms with Gasteiger partial charge >= 0.3 is 0 Å². The summed E-state index contributed by atoms with van der Waals surface area (Å²) in [6, 6.07) is 9.94. The van der Waals surface area contributed by atoms with Gasteiger partial charge < -0.3 is 10.3 Å². The van der Waals surface area contributed by atoms with Crippen LogP contribution in [-0.2, 0) is 24.2 Å². The third kappa shape index (κ3) is 4.61. The van der Waals surface area contributed by atoms with E-state index in [4.69, 9.17) is 11.6 Å². The normalized spacial score (nSPS) is 18.3. The minimum Gasteiger partial charge on any atom is -0.353 e. The maximum Gasteiger partial charge on any atom is 0.237 e. The van der Waals surface area contributed by atoms with E-state index in [0.29, 0.717) is 24.7 Å². The maximum atomic E-state index is 12.4. The van der Waals surface area contributed by atoms with Crippen molar-refractivity contribution < 1.29 is 4.79 Å². The van der Waals surface area contributed by atoms with Crippen LogP contribution in [-0.4, -0.2) is 39.9 Å². The summed E-state index contributed by atoms with van der Waals surface area (Å²) in [5.41, 5.74) is 2.06. The Morgan fingerprint density at radius 2 is 2.12 bits per heavy atom. The molecule has 0 radical (unpaired) electrons. The third-order valence-corrected chi connectivity index (χ3v) is 4.93. The maximum absolute atomic E-state index is 12.4. The summed E-state index contributed by atoms with van der Waals surface area (Å²) in [6.07, 6.45) is 3.82. The molecule has 1 saturated heterocycles. The first-order valence-electron chi connectivity index (χ1n) is 8.96. The van der Waals surface area contributed by atoms with Crippen molar-refractivity contribution >= 4 is 17.5 Å². The summed E-state index contributed by atoms with van der Waals surface area (Å²) in [7, 11) is 0. The Labute approximate surface area is 153 Å². The lowest BCUT2D eigenvalue weighted by atomic mass is 10.0. The molecule has 1 aromatic heterocycles. The molecule has 134 valence electrons. The van der Waals surface area contributed by atoms with Crippen LogP contribution >= 0.6 is 11.6 Å². The number of halogens is 1. The Kier molecular flexibility index (Phi) is 6.10. The van der Waals surface area contributed by atoms with E-state index in [1.54, 1.807) is 0 Å². The van der Waals surface area contributed by atoms with Gasteiger partial charge in [-0.1, -0.05) is 55.3 Å². The van der Waals surface area contributed by atoms with Crippen LogP contribution in [0.5, 0.6) is 0 Å². The van der Waals surface area contributed by atoms with Crippen molar-refractivity contribution in [2.45, 2.75) is 45.2 Å².